The van der Waals surface area contributed by atoms with Crippen LogP contribution in [0.2, 0.25) is 0 Å². The SMILES string of the molecule is Cc1c(N2Cc3ccccc3C2C)cn[nH]c1=O. The van der Waals surface area contributed by atoms with Crippen LogP contribution in [-0.4, -0.2) is 10.2 Å². The molecule has 4 heteroatoms. The molecule has 1 aliphatic heterocycles. The van der Waals surface area contributed by atoms with E-state index in [4.69, 9.17) is 0 Å². The summed E-state index contributed by atoms with van der Waals surface area (Å²) in [7, 11) is 0. The second-order valence-electron chi connectivity index (χ2n) is 4.71. The number of aromatic nitrogens is 2. The molecule has 1 aromatic heterocycles. The summed E-state index contributed by atoms with van der Waals surface area (Å²) in [4.78, 5) is 13.9. The zero-order chi connectivity index (χ0) is 12.7. The topological polar surface area (TPSA) is 49.0 Å². The van der Waals surface area contributed by atoms with Crippen LogP contribution in [0.15, 0.2) is 35.3 Å². The Morgan fingerprint density at radius 1 is 1.39 bits per heavy atom. The first-order chi connectivity index (χ1) is 8.68. The van der Waals surface area contributed by atoms with Gasteiger partial charge in [0, 0.05) is 12.1 Å². The number of hydrogen-bond acceptors (Lipinski definition) is 3. The van der Waals surface area contributed by atoms with Crippen LogP contribution in [-0.2, 0) is 6.54 Å². The number of rotatable bonds is 1. The van der Waals surface area contributed by atoms with Crippen molar-refractivity contribution < 1.29 is 0 Å². The van der Waals surface area contributed by atoms with Crippen molar-refractivity contribution in [3.05, 3.63) is 57.5 Å². The highest BCUT2D eigenvalue weighted by Gasteiger charge is 2.27. The van der Waals surface area contributed by atoms with Gasteiger partial charge in [-0.3, -0.25) is 4.79 Å². The standard InChI is InChI=1S/C14H15N3O/c1-9-13(7-15-16-14(9)18)17-8-11-5-3-4-6-12(11)10(17)2/h3-7,10H,8H2,1-2H3,(H,16,18). The maximum atomic E-state index is 11.6. The lowest BCUT2D eigenvalue weighted by molar-refractivity contribution is 0.723. The Morgan fingerprint density at radius 3 is 2.94 bits per heavy atom. The third-order valence-corrected chi connectivity index (χ3v) is 3.70. The van der Waals surface area contributed by atoms with Crippen LogP contribution < -0.4 is 10.5 Å². The fourth-order valence-corrected chi connectivity index (χ4v) is 2.61. The number of nitrogens with zero attached hydrogens (tertiary/aromatic N) is 2. The summed E-state index contributed by atoms with van der Waals surface area (Å²) in [6, 6.07) is 8.68. The highest BCUT2D eigenvalue weighted by Crippen LogP contribution is 2.37. The molecule has 0 bridgehead atoms. The Hall–Kier alpha value is -2.10. The van der Waals surface area contributed by atoms with Gasteiger partial charge in [0.15, 0.2) is 0 Å². The smallest absolute Gasteiger partial charge is 0.269 e. The van der Waals surface area contributed by atoms with Crippen LogP contribution in [0, 0.1) is 6.92 Å². The van der Waals surface area contributed by atoms with Gasteiger partial charge in [-0.15, -0.1) is 0 Å². The van der Waals surface area contributed by atoms with Crippen molar-refractivity contribution in [2.45, 2.75) is 26.4 Å². The van der Waals surface area contributed by atoms with Crippen molar-refractivity contribution >= 4 is 5.69 Å². The van der Waals surface area contributed by atoms with E-state index < -0.39 is 0 Å². The lowest BCUT2D eigenvalue weighted by Crippen LogP contribution is -2.24. The molecule has 4 nitrogen and oxygen atoms in total. The highest BCUT2D eigenvalue weighted by molar-refractivity contribution is 5.56. The third-order valence-electron chi connectivity index (χ3n) is 3.70. The summed E-state index contributed by atoms with van der Waals surface area (Å²) in [6.07, 6.45) is 1.74. The fourth-order valence-electron chi connectivity index (χ4n) is 2.61. The predicted molar refractivity (Wildman–Crippen MR) is 70.6 cm³/mol. The quantitative estimate of drug-likeness (QED) is 0.832. The number of hydrogen-bond donors (Lipinski definition) is 1. The van der Waals surface area contributed by atoms with Crippen molar-refractivity contribution in [2.24, 2.45) is 0 Å². The molecule has 0 saturated carbocycles. The van der Waals surface area contributed by atoms with Gasteiger partial charge < -0.3 is 4.90 Å². The monoisotopic (exact) mass is 241 g/mol. The summed E-state index contributed by atoms with van der Waals surface area (Å²) >= 11 is 0. The van der Waals surface area contributed by atoms with E-state index in [0.717, 1.165) is 17.8 Å². The van der Waals surface area contributed by atoms with Gasteiger partial charge in [-0.2, -0.15) is 5.10 Å². The van der Waals surface area contributed by atoms with Crippen molar-refractivity contribution in [3.8, 4) is 0 Å². The molecule has 18 heavy (non-hydrogen) atoms. The van der Waals surface area contributed by atoms with Gasteiger partial charge in [0.05, 0.1) is 17.9 Å². The highest BCUT2D eigenvalue weighted by atomic mass is 16.1. The number of nitrogens with one attached hydrogen (secondary N) is 1. The number of benzene rings is 1. The second-order valence-corrected chi connectivity index (χ2v) is 4.71. The summed E-state index contributed by atoms with van der Waals surface area (Å²) in [5, 5.41) is 6.37. The third kappa shape index (κ3) is 1.53. The molecule has 0 spiro atoms. The van der Waals surface area contributed by atoms with E-state index >= 15 is 0 Å². The van der Waals surface area contributed by atoms with Crippen LogP contribution in [0.3, 0.4) is 0 Å². The van der Waals surface area contributed by atoms with Crippen molar-refractivity contribution in [2.75, 3.05) is 4.90 Å². The molecule has 0 saturated heterocycles. The molecule has 0 fully saturated rings. The molecule has 0 radical (unpaired) electrons. The second kappa shape index (κ2) is 3.98. The van der Waals surface area contributed by atoms with Gasteiger partial charge in [-0.1, -0.05) is 24.3 Å². The van der Waals surface area contributed by atoms with Gasteiger partial charge in [-0.25, -0.2) is 5.10 Å². The van der Waals surface area contributed by atoms with E-state index in [1.165, 1.54) is 11.1 Å². The van der Waals surface area contributed by atoms with Crippen molar-refractivity contribution in [3.63, 3.8) is 0 Å². The van der Waals surface area contributed by atoms with Crippen molar-refractivity contribution in [1.82, 2.24) is 10.2 Å². The Kier molecular flexibility index (Phi) is 2.44. The Bertz CT molecular complexity index is 647. The van der Waals surface area contributed by atoms with Gasteiger partial charge in [0.1, 0.15) is 0 Å². The van der Waals surface area contributed by atoms with E-state index in [9.17, 15) is 4.79 Å². The minimum atomic E-state index is -0.115. The molecule has 92 valence electrons. The average molecular weight is 241 g/mol. The molecule has 1 aromatic carbocycles. The first-order valence-corrected chi connectivity index (χ1v) is 6.07. The van der Waals surface area contributed by atoms with Crippen LogP contribution in [0.4, 0.5) is 5.69 Å². The number of H-pyrrole nitrogens is 1. The predicted octanol–water partition coefficient (Wildman–Crippen LogP) is 2.16. The lowest BCUT2D eigenvalue weighted by atomic mass is 10.1. The van der Waals surface area contributed by atoms with E-state index in [1.807, 2.05) is 6.92 Å². The maximum Gasteiger partial charge on any atom is 0.269 e. The molecular formula is C14H15N3O. The zero-order valence-corrected chi connectivity index (χ0v) is 10.5. The average Bonchev–Trinajstić information content (AvgIpc) is 2.71. The summed E-state index contributed by atoms with van der Waals surface area (Å²) in [5.74, 6) is 0. The molecular weight excluding hydrogens is 226 g/mol. The first kappa shape index (κ1) is 11.0. The summed E-state index contributed by atoms with van der Waals surface area (Å²) in [5.41, 5.74) is 4.18. The maximum absolute atomic E-state index is 11.6. The fraction of sp³-hybridized carbons (Fsp3) is 0.286. The largest absolute Gasteiger partial charge is 0.359 e. The lowest BCUT2D eigenvalue weighted by Gasteiger charge is -2.24. The zero-order valence-electron chi connectivity index (χ0n) is 10.5. The van der Waals surface area contributed by atoms with Crippen molar-refractivity contribution in [1.29, 1.82) is 0 Å². The van der Waals surface area contributed by atoms with E-state index in [1.54, 1.807) is 6.20 Å². The van der Waals surface area contributed by atoms with Gasteiger partial charge >= 0.3 is 0 Å². The molecule has 3 rings (SSSR count). The van der Waals surface area contributed by atoms with Crippen LogP contribution >= 0.6 is 0 Å². The molecule has 1 unspecified atom stereocenters. The molecule has 1 N–H and O–H groups in total. The number of anilines is 1. The Morgan fingerprint density at radius 2 is 2.17 bits per heavy atom. The summed E-state index contributed by atoms with van der Waals surface area (Å²) < 4.78 is 0. The van der Waals surface area contributed by atoms with E-state index in [-0.39, 0.29) is 11.6 Å². The first-order valence-electron chi connectivity index (χ1n) is 6.07. The van der Waals surface area contributed by atoms with Crippen LogP contribution in [0.5, 0.6) is 0 Å². The van der Waals surface area contributed by atoms with Gasteiger partial charge in [-0.05, 0) is 25.0 Å². The molecule has 2 aromatic rings. The minimum Gasteiger partial charge on any atom is -0.359 e. The van der Waals surface area contributed by atoms with Gasteiger partial charge in [0.25, 0.3) is 5.56 Å². The minimum absolute atomic E-state index is 0.115. The Labute approximate surface area is 105 Å². The Balaban J connectivity index is 2.07. The molecule has 1 atom stereocenters. The summed E-state index contributed by atoms with van der Waals surface area (Å²) in [6.45, 7) is 4.83. The van der Waals surface area contributed by atoms with Gasteiger partial charge in [0.2, 0.25) is 0 Å². The normalized spacial score (nSPS) is 17.9. The van der Waals surface area contributed by atoms with E-state index in [2.05, 4.69) is 46.3 Å². The van der Waals surface area contributed by atoms with E-state index in [0.29, 0.717) is 0 Å². The molecule has 0 amide bonds. The van der Waals surface area contributed by atoms with Crippen LogP contribution in [0.1, 0.15) is 29.7 Å². The molecule has 0 aliphatic carbocycles. The number of fused-ring (bicyclic) bond motifs is 1. The molecule has 1 aliphatic rings. The van der Waals surface area contributed by atoms with Crippen LogP contribution in [0.25, 0.3) is 0 Å². The number of aromatic amines is 1. The molecule has 2 heterocycles.